The predicted octanol–water partition coefficient (Wildman–Crippen LogP) is 3.26. The first kappa shape index (κ1) is 9.36. The van der Waals surface area contributed by atoms with E-state index in [0.717, 1.165) is 16.3 Å². The minimum absolute atomic E-state index is 0.0316. The Kier molecular flexibility index (Phi) is 2.11. The van der Waals surface area contributed by atoms with Crippen LogP contribution >= 0.6 is 11.3 Å². The first-order chi connectivity index (χ1) is 7.86. The Morgan fingerprint density at radius 3 is 2.75 bits per heavy atom. The fraction of sp³-hybridized carbons (Fsp3) is 0. The van der Waals surface area contributed by atoms with Gasteiger partial charge in [0.25, 0.3) is 5.56 Å². The van der Waals surface area contributed by atoms with E-state index in [1.165, 1.54) is 4.88 Å². The van der Waals surface area contributed by atoms with Crippen LogP contribution in [-0.2, 0) is 0 Å². The van der Waals surface area contributed by atoms with Crippen molar-refractivity contribution in [2.45, 2.75) is 0 Å². The molecule has 78 valence electrons. The average molecular weight is 227 g/mol. The molecule has 3 rings (SSSR count). The highest BCUT2D eigenvalue weighted by Crippen LogP contribution is 2.30. The molecule has 0 aliphatic heterocycles. The van der Waals surface area contributed by atoms with E-state index in [-0.39, 0.29) is 5.56 Å². The van der Waals surface area contributed by atoms with Gasteiger partial charge in [-0.1, -0.05) is 18.2 Å². The van der Waals surface area contributed by atoms with Gasteiger partial charge < -0.3 is 4.98 Å². The number of hydrogen-bond acceptors (Lipinski definition) is 2. The number of thiophene rings is 1. The van der Waals surface area contributed by atoms with Gasteiger partial charge in [-0.25, -0.2) is 0 Å². The topological polar surface area (TPSA) is 32.9 Å². The second kappa shape index (κ2) is 3.61. The average Bonchev–Trinajstić information content (AvgIpc) is 2.82. The van der Waals surface area contributed by atoms with Crippen LogP contribution in [0.2, 0.25) is 0 Å². The molecule has 0 amide bonds. The van der Waals surface area contributed by atoms with E-state index in [9.17, 15) is 4.79 Å². The lowest BCUT2D eigenvalue weighted by atomic mass is 10.1. The third-order valence-corrected chi connectivity index (χ3v) is 3.50. The van der Waals surface area contributed by atoms with Crippen molar-refractivity contribution in [3.05, 3.63) is 58.3 Å². The molecular weight excluding hydrogens is 218 g/mol. The van der Waals surface area contributed by atoms with E-state index in [1.807, 2.05) is 35.7 Å². The Hall–Kier alpha value is -1.87. The highest BCUT2D eigenvalue weighted by atomic mass is 32.1. The van der Waals surface area contributed by atoms with Gasteiger partial charge in [0.2, 0.25) is 0 Å². The van der Waals surface area contributed by atoms with Crippen molar-refractivity contribution in [3.8, 4) is 10.4 Å². The molecule has 1 aromatic carbocycles. The highest BCUT2D eigenvalue weighted by molar-refractivity contribution is 7.13. The fourth-order valence-electron chi connectivity index (χ4n) is 1.87. The quantitative estimate of drug-likeness (QED) is 0.680. The van der Waals surface area contributed by atoms with Crippen LogP contribution in [0.25, 0.3) is 21.2 Å². The van der Waals surface area contributed by atoms with Crippen LogP contribution < -0.4 is 5.56 Å². The maximum absolute atomic E-state index is 11.6. The lowest BCUT2D eigenvalue weighted by Crippen LogP contribution is -2.04. The normalized spacial score (nSPS) is 10.8. The number of benzene rings is 1. The van der Waals surface area contributed by atoms with Crippen molar-refractivity contribution in [2.24, 2.45) is 0 Å². The van der Waals surface area contributed by atoms with Crippen LogP contribution in [-0.4, -0.2) is 4.98 Å². The monoisotopic (exact) mass is 227 g/mol. The number of nitrogens with one attached hydrogen (secondary N) is 1. The van der Waals surface area contributed by atoms with Gasteiger partial charge in [0.1, 0.15) is 0 Å². The number of pyridine rings is 1. The molecule has 0 spiro atoms. The van der Waals surface area contributed by atoms with E-state index in [1.54, 1.807) is 17.5 Å². The van der Waals surface area contributed by atoms with Gasteiger partial charge in [-0.2, -0.15) is 0 Å². The van der Waals surface area contributed by atoms with Crippen LogP contribution in [0.15, 0.2) is 52.8 Å². The first-order valence-electron chi connectivity index (χ1n) is 5.00. The molecule has 0 fully saturated rings. The Labute approximate surface area is 96.2 Å². The number of H-pyrrole nitrogens is 1. The molecule has 3 heteroatoms. The predicted molar refractivity (Wildman–Crippen MR) is 67.9 cm³/mol. The Balaban J connectivity index is 2.43. The molecule has 2 nitrogen and oxygen atoms in total. The standard InChI is InChI=1S/C13H9NOS/c15-13-11-4-1-3-10(9(11)6-7-14-13)12-5-2-8-16-12/h1-8H,(H,14,15). The van der Waals surface area contributed by atoms with Gasteiger partial charge in [-0.05, 0) is 34.5 Å². The fourth-order valence-corrected chi connectivity index (χ4v) is 2.63. The molecule has 3 aromatic rings. The molecule has 0 radical (unpaired) electrons. The van der Waals surface area contributed by atoms with Crippen LogP contribution in [0.3, 0.4) is 0 Å². The molecule has 0 unspecified atom stereocenters. The SMILES string of the molecule is O=c1[nH]ccc2c(-c3cccs3)cccc12. The lowest BCUT2D eigenvalue weighted by molar-refractivity contribution is 1.28. The molecular formula is C13H9NOS. The van der Waals surface area contributed by atoms with E-state index in [0.29, 0.717) is 0 Å². The summed E-state index contributed by atoms with van der Waals surface area (Å²) in [7, 11) is 0. The van der Waals surface area contributed by atoms with Gasteiger partial charge in [-0.15, -0.1) is 11.3 Å². The molecule has 0 bridgehead atoms. The number of aromatic nitrogens is 1. The van der Waals surface area contributed by atoms with E-state index >= 15 is 0 Å². The van der Waals surface area contributed by atoms with Crippen LogP contribution in [0.4, 0.5) is 0 Å². The van der Waals surface area contributed by atoms with Crippen molar-refractivity contribution in [1.29, 1.82) is 0 Å². The van der Waals surface area contributed by atoms with E-state index in [4.69, 9.17) is 0 Å². The van der Waals surface area contributed by atoms with Crippen molar-refractivity contribution in [1.82, 2.24) is 4.98 Å². The maximum Gasteiger partial charge on any atom is 0.255 e. The summed E-state index contributed by atoms with van der Waals surface area (Å²) in [5.74, 6) is 0. The zero-order valence-electron chi connectivity index (χ0n) is 8.44. The molecule has 16 heavy (non-hydrogen) atoms. The summed E-state index contributed by atoms with van der Waals surface area (Å²) >= 11 is 1.68. The molecule has 2 aromatic heterocycles. The third-order valence-electron chi connectivity index (χ3n) is 2.60. The summed E-state index contributed by atoms with van der Waals surface area (Å²) in [4.78, 5) is 15.5. The minimum Gasteiger partial charge on any atom is -0.329 e. The number of fused-ring (bicyclic) bond motifs is 1. The third kappa shape index (κ3) is 1.37. The van der Waals surface area contributed by atoms with Gasteiger partial charge in [-0.3, -0.25) is 4.79 Å². The van der Waals surface area contributed by atoms with Crippen LogP contribution in [0.1, 0.15) is 0 Å². The summed E-state index contributed by atoms with van der Waals surface area (Å²) in [6.07, 6.45) is 1.70. The molecule has 0 aliphatic carbocycles. The molecule has 0 atom stereocenters. The summed E-state index contributed by atoms with van der Waals surface area (Å²) in [5.41, 5.74) is 1.09. The number of hydrogen-bond donors (Lipinski definition) is 1. The van der Waals surface area contributed by atoms with Crippen LogP contribution in [0.5, 0.6) is 0 Å². The summed E-state index contributed by atoms with van der Waals surface area (Å²) < 4.78 is 0. The summed E-state index contributed by atoms with van der Waals surface area (Å²) in [6.45, 7) is 0. The molecule has 0 saturated heterocycles. The van der Waals surface area contributed by atoms with E-state index in [2.05, 4.69) is 11.1 Å². The Morgan fingerprint density at radius 2 is 1.94 bits per heavy atom. The van der Waals surface area contributed by atoms with Gasteiger partial charge in [0.15, 0.2) is 0 Å². The number of rotatable bonds is 1. The van der Waals surface area contributed by atoms with Crippen molar-refractivity contribution in [3.63, 3.8) is 0 Å². The van der Waals surface area contributed by atoms with Crippen molar-refractivity contribution < 1.29 is 0 Å². The summed E-state index contributed by atoms with van der Waals surface area (Å²) in [6, 6.07) is 11.9. The van der Waals surface area contributed by atoms with Gasteiger partial charge >= 0.3 is 0 Å². The Morgan fingerprint density at radius 1 is 1.00 bits per heavy atom. The number of aromatic amines is 1. The van der Waals surface area contributed by atoms with Crippen molar-refractivity contribution in [2.75, 3.05) is 0 Å². The molecule has 0 saturated carbocycles. The van der Waals surface area contributed by atoms with Crippen LogP contribution in [0, 0.1) is 0 Å². The van der Waals surface area contributed by atoms with Gasteiger partial charge in [0.05, 0.1) is 0 Å². The minimum atomic E-state index is -0.0316. The first-order valence-corrected chi connectivity index (χ1v) is 5.88. The zero-order valence-corrected chi connectivity index (χ0v) is 9.25. The largest absolute Gasteiger partial charge is 0.329 e. The van der Waals surface area contributed by atoms with Gasteiger partial charge in [0, 0.05) is 16.5 Å². The molecule has 0 aliphatic rings. The summed E-state index contributed by atoms with van der Waals surface area (Å²) in [5, 5.41) is 3.79. The zero-order chi connectivity index (χ0) is 11.0. The Bertz CT molecular complexity index is 682. The smallest absolute Gasteiger partial charge is 0.255 e. The maximum atomic E-state index is 11.6. The highest BCUT2D eigenvalue weighted by Gasteiger charge is 2.05. The van der Waals surface area contributed by atoms with Crippen molar-refractivity contribution >= 4 is 22.1 Å². The van der Waals surface area contributed by atoms with E-state index < -0.39 is 0 Å². The second-order valence-electron chi connectivity index (χ2n) is 3.55. The lowest BCUT2D eigenvalue weighted by Gasteiger charge is -2.02. The molecule has 1 N–H and O–H groups in total. The molecule has 2 heterocycles. The second-order valence-corrected chi connectivity index (χ2v) is 4.50.